The van der Waals surface area contributed by atoms with E-state index in [9.17, 15) is 4.79 Å². The van der Waals surface area contributed by atoms with Gasteiger partial charge in [0.05, 0.1) is 0 Å². The van der Waals surface area contributed by atoms with E-state index in [4.69, 9.17) is 5.11 Å². The third-order valence-corrected chi connectivity index (χ3v) is 3.81. The molecular weight excluding hydrogens is 216 g/mol. The molecule has 17 heavy (non-hydrogen) atoms. The first-order valence-electron chi connectivity index (χ1n) is 6.76. The summed E-state index contributed by atoms with van der Waals surface area (Å²) < 4.78 is 0. The van der Waals surface area contributed by atoms with E-state index in [1.165, 1.54) is 12.8 Å². The van der Waals surface area contributed by atoms with Crippen LogP contribution in [0.25, 0.3) is 0 Å². The summed E-state index contributed by atoms with van der Waals surface area (Å²) in [6, 6.07) is 1.70. The summed E-state index contributed by atoms with van der Waals surface area (Å²) in [6.07, 6.45) is 3.92. The molecule has 4 heteroatoms. The van der Waals surface area contributed by atoms with E-state index >= 15 is 0 Å². The highest BCUT2D eigenvalue weighted by molar-refractivity contribution is 5.67. The summed E-state index contributed by atoms with van der Waals surface area (Å²) in [4.78, 5) is 13.3. The molecule has 2 unspecified atom stereocenters. The standard InChI is InChI=1S/C13H24N2O2/c1-9(2)15-7-10(6-13(16)17)5-12(8-15)14-11-3-4-11/h9-12,14H,3-8H2,1-2H3,(H,16,17). The van der Waals surface area contributed by atoms with Crippen LogP contribution in [0.1, 0.15) is 39.5 Å². The zero-order valence-corrected chi connectivity index (χ0v) is 10.9. The second-order valence-electron chi connectivity index (χ2n) is 5.89. The van der Waals surface area contributed by atoms with Crippen LogP contribution in [0.15, 0.2) is 0 Å². The fourth-order valence-corrected chi connectivity index (χ4v) is 2.76. The van der Waals surface area contributed by atoms with Crippen molar-refractivity contribution in [3.8, 4) is 0 Å². The summed E-state index contributed by atoms with van der Waals surface area (Å²) in [6.45, 7) is 6.39. The van der Waals surface area contributed by atoms with Crippen molar-refractivity contribution in [2.75, 3.05) is 13.1 Å². The van der Waals surface area contributed by atoms with Crippen LogP contribution in [-0.2, 0) is 4.79 Å². The molecule has 1 aliphatic carbocycles. The number of aliphatic carboxylic acids is 1. The van der Waals surface area contributed by atoms with E-state index in [0.29, 0.717) is 30.5 Å². The highest BCUT2D eigenvalue weighted by Gasteiger charge is 2.33. The first kappa shape index (κ1) is 12.8. The fraction of sp³-hybridized carbons (Fsp3) is 0.923. The number of piperidine rings is 1. The normalized spacial score (nSPS) is 30.8. The van der Waals surface area contributed by atoms with E-state index in [2.05, 4.69) is 24.1 Å². The number of likely N-dealkylation sites (tertiary alicyclic amines) is 1. The lowest BCUT2D eigenvalue weighted by Crippen LogP contribution is -2.52. The minimum absolute atomic E-state index is 0.305. The average molecular weight is 240 g/mol. The van der Waals surface area contributed by atoms with Gasteiger partial charge in [-0.05, 0) is 39.0 Å². The molecule has 4 nitrogen and oxygen atoms in total. The number of rotatable bonds is 5. The Balaban J connectivity index is 1.90. The van der Waals surface area contributed by atoms with Gasteiger partial charge in [0.2, 0.25) is 0 Å². The Morgan fingerprint density at radius 3 is 2.59 bits per heavy atom. The van der Waals surface area contributed by atoms with Crippen LogP contribution in [0.2, 0.25) is 0 Å². The molecule has 0 aromatic rings. The number of hydrogen-bond donors (Lipinski definition) is 2. The van der Waals surface area contributed by atoms with Gasteiger partial charge < -0.3 is 10.4 Å². The number of hydrogen-bond acceptors (Lipinski definition) is 3. The van der Waals surface area contributed by atoms with E-state index in [1.54, 1.807) is 0 Å². The summed E-state index contributed by atoms with van der Waals surface area (Å²) in [5.74, 6) is -0.356. The second kappa shape index (κ2) is 5.36. The highest BCUT2D eigenvalue weighted by atomic mass is 16.4. The van der Waals surface area contributed by atoms with Gasteiger partial charge in [0, 0.05) is 37.6 Å². The molecule has 1 aliphatic heterocycles. The Bertz CT molecular complexity index is 277. The minimum Gasteiger partial charge on any atom is -0.481 e. The van der Waals surface area contributed by atoms with Crippen LogP contribution in [0, 0.1) is 5.92 Å². The predicted molar refractivity (Wildman–Crippen MR) is 67.0 cm³/mol. The third-order valence-electron chi connectivity index (χ3n) is 3.81. The predicted octanol–water partition coefficient (Wildman–Crippen LogP) is 1.31. The first-order chi connectivity index (χ1) is 8.04. The molecule has 2 rings (SSSR count). The second-order valence-corrected chi connectivity index (χ2v) is 5.89. The van der Waals surface area contributed by atoms with Gasteiger partial charge in [-0.2, -0.15) is 0 Å². The van der Waals surface area contributed by atoms with Crippen LogP contribution in [0.4, 0.5) is 0 Å². The van der Waals surface area contributed by atoms with Crippen molar-refractivity contribution in [2.45, 2.75) is 57.7 Å². The molecule has 0 aromatic carbocycles. The molecule has 2 atom stereocenters. The number of nitrogens with one attached hydrogen (secondary N) is 1. The topological polar surface area (TPSA) is 52.6 Å². The van der Waals surface area contributed by atoms with E-state index in [0.717, 1.165) is 19.5 Å². The Labute approximate surface area is 103 Å². The van der Waals surface area contributed by atoms with E-state index in [-0.39, 0.29) is 0 Å². The molecule has 1 heterocycles. The Morgan fingerprint density at radius 2 is 2.06 bits per heavy atom. The van der Waals surface area contributed by atoms with Gasteiger partial charge in [-0.15, -0.1) is 0 Å². The molecule has 0 aromatic heterocycles. The molecule has 1 saturated carbocycles. The van der Waals surface area contributed by atoms with Crippen molar-refractivity contribution >= 4 is 5.97 Å². The average Bonchev–Trinajstić information content (AvgIpc) is 3.00. The lowest BCUT2D eigenvalue weighted by atomic mass is 9.90. The Hall–Kier alpha value is -0.610. The molecule has 0 bridgehead atoms. The van der Waals surface area contributed by atoms with Crippen LogP contribution >= 0.6 is 0 Å². The summed E-state index contributed by atoms with van der Waals surface area (Å²) in [7, 11) is 0. The molecule has 1 saturated heterocycles. The fourth-order valence-electron chi connectivity index (χ4n) is 2.76. The summed E-state index contributed by atoms with van der Waals surface area (Å²) in [5.41, 5.74) is 0. The number of nitrogens with zero attached hydrogens (tertiary/aromatic N) is 1. The zero-order chi connectivity index (χ0) is 12.4. The highest BCUT2D eigenvalue weighted by Crippen LogP contribution is 2.26. The number of carbonyl (C=O) groups is 1. The van der Waals surface area contributed by atoms with Crippen molar-refractivity contribution in [1.82, 2.24) is 10.2 Å². The van der Waals surface area contributed by atoms with Crippen LogP contribution < -0.4 is 5.32 Å². The lowest BCUT2D eigenvalue weighted by molar-refractivity contribution is -0.138. The van der Waals surface area contributed by atoms with Gasteiger partial charge in [0.25, 0.3) is 0 Å². The van der Waals surface area contributed by atoms with E-state index < -0.39 is 5.97 Å². The molecular formula is C13H24N2O2. The molecule has 0 spiro atoms. The molecule has 2 aliphatic rings. The van der Waals surface area contributed by atoms with E-state index in [1.807, 2.05) is 0 Å². The number of carboxylic acids is 1. The largest absolute Gasteiger partial charge is 0.481 e. The van der Waals surface area contributed by atoms with Crippen molar-refractivity contribution in [3.63, 3.8) is 0 Å². The van der Waals surface area contributed by atoms with Gasteiger partial charge in [0.15, 0.2) is 0 Å². The molecule has 0 amide bonds. The number of carboxylic acid groups (broad SMARTS) is 1. The van der Waals surface area contributed by atoms with Gasteiger partial charge in [-0.25, -0.2) is 0 Å². The quantitative estimate of drug-likeness (QED) is 0.761. The SMILES string of the molecule is CC(C)N1CC(CC(=O)O)CC(NC2CC2)C1. The lowest BCUT2D eigenvalue weighted by Gasteiger charge is -2.40. The van der Waals surface area contributed by atoms with Crippen molar-refractivity contribution in [1.29, 1.82) is 0 Å². The Morgan fingerprint density at radius 1 is 1.35 bits per heavy atom. The molecule has 2 fully saturated rings. The van der Waals surface area contributed by atoms with Gasteiger partial charge in [-0.1, -0.05) is 0 Å². The van der Waals surface area contributed by atoms with Crippen LogP contribution in [-0.4, -0.2) is 47.2 Å². The Kier molecular flexibility index (Phi) is 4.05. The van der Waals surface area contributed by atoms with Crippen LogP contribution in [0.3, 0.4) is 0 Å². The maximum absolute atomic E-state index is 10.8. The van der Waals surface area contributed by atoms with Gasteiger partial charge in [-0.3, -0.25) is 9.69 Å². The van der Waals surface area contributed by atoms with Crippen molar-refractivity contribution < 1.29 is 9.90 Å². The van der Waals surface area contributed by atoms with Crippen LogP contribution in [0.5, 0.6) is 0 Å². The maximum Gasteiger partial charge on any atom is 0.303 e. The van der Waals surface area contributed by atoms with Crippen molar-refractivity contribution in [2.24, 2.45) is 5.92 Å². The summed E-state index contributed by atoms with van der Waals surface area (Å²) in [5, 5.41) is 12.6. The first-order valence-corrected chi connectivity index (χ1v) is 6.76. The molecule has 2 N–H and O–H groups in total. The molecule has 0 radical (unpaired) electrons. The zero-order valence-electron chi connectivity index (χ0n) is 10.9. The molecule has 98 valence electrons. The smallest absolute Gasteiger partial charge is 0.303 e. The van der Waals surface area contributed by atoms with Gasteiger partial charge in [0.1, 0.15) is 0 Å². The van der Waals surface area contributed by atoms with Gasteiger partial charge >= 0.3 is 5.97 Å². The maximum atomic E-state index is 10.8. The van der Waals surface area contributed by atoms with Crippen molar-refractivity contribution in [3.05, 3.63) is 0 Å². The summed E-state index contributed by atoms with van der Waals surface area (Å²) >= 11 is 0. The monoisotopic (exact) mass is 240 g/mol. The minimum atomic E-state index is -0.661. The third kappa shape index (κ3) is 3.96.